The molecule has 0 aromatic carbocycles. The average molecular weight is 253 g/mol. The van der Waals surface area contributed by atoms with Crippen LogP contribution in [0.3, 0.4) is 0 Å². The summed E-state index contributed by atoms with van der Waals surface area (Å²) in [7, 11) is 0. The summed E-state index contributed by atoms with van der Waals surface area (Å²) in [5.41, 5.74) is 0.283. The van der Waals surface area contributed by atoms with Crippen molar-refractivity contribution >= 4 is 5.91 Å². The maximum absolute atomic E-state index is 12.1. The summed E-state index contributed by atoms with van der Waals surface area (Å²) in [4.78, 5) is 14.0. The molecule has 1 aliphatic carbocycles. The van der Waals surface area contributed by atoms with Crippen molar-refractivity contribution in [2.45, 2.75) is 59.0 Å². The number of hydrogen-bond acceptors (Lipinski definition) is 2. The Balaban J connectivity index is 1.90. The molecule has 1 saturated heterocycles. The molecule has 3 heteroatoms. The van der Waals surface area contributed by atoms with Crippen molar-refractivity contribution in [2.75, 3.05) is 13.1 Å². The Hall–Kier alpha value is -0.570. The smallest absolute Gasteiger partial charge is 0.222 e. The minimum absolute atomic E-state index is 0.237. The molecule has 2 unspecified atom stereocenters. The molecule has 0 bridgehead atoms. The second-order valence-electron chi connectivity index (χ2n) is 7.13. The van der Waals surface area contributed by atoms with Gasteiger partial charge in [0.1, 0.15) is 0 Å². The predicted octanol–water partition coefficient (Wildman–Crippen LogP) is 2.43. The number of amides is 1. The van der Waals surface area contributed by atoms with Crippen LogP contribution in [0.5, 0.6) is 0 Å². The van der Waals surface area contributed by atoms with Gasteiger partial charge in [0.05, 0.1) is 6.10 Å². The molecule has 104 valence electrons. The number of carbonyl (C=O) groups excluding carboxylic acids is 1. The van der Waals surface area contributed by atoms with Crippen molar-refractivity contribution in [1.29, 1.82) is 0 Å². The zero-order valence-corrected chi connectivity index (χ0v) is 12.0. The minimum Gasteiger partial charge on any atom is -0.391 e. The zero-order valence-electron chi connectivity index (χ0n) is 12.0. The molecule has 1 saturated carbocycles. The highest BCUT2D eigenvalue weighted by Gasteiger charge is 2.34. The molecule has 0 radical (unpaired) electrons. The topological polar surface area (TPSA) is 40.5 Å². The highest BCUT2D eigenvalue weighted by Crippen LogP contribution is 2.36. The highest BCUT2D eigenvalue weighted by atomic mass is 16.3. The first-order valence-corrected chi connectivity index (χ1v) is 7.34. The van der Waals surface area contributed by atoms with Gasteiger partial charge in [0, 0.05) is 19.5 Å². The molecule has 1 N–H and O–H groups in total. The molecule has 1 heterocycles. The van der Waals surface area contributed by atoms with E-state index in [9.17, 15) is 9.90 Å². The molecule has 18 heavy (non-hydrogen) atoms. The Morgan fingerprint density at radius 1 is 1.28 bits per heavy atom. The fourth-order valence-electron chi connectivity index (χ4n) is 2.95. The predicted molar refractivity (Wildman–Crippen MR) is 72.1 cm³/mol. The van der Waals surface area contributed by atoms with E-state index >= 15 is 0 Å². The van der Waals surface area contributed by atoms with Crippen molar-refractivity contribution in [3.05, 3.63) is 0 Å². The SMILES string of the molecule is CC(C)(C)C1CCC(=O)N(CC(O)C2CC2)CC1. The molecule has 2 atom stereocenters. The second kappa shape index (κ2) is 5.20. The third-order valence-corrected chi connectivity index (χ3v) is 4.61. The van der Waals surface area contributed by atoms with E-state index in [0.29, 0.717) is 24.8 Å². The van der Waals surface area contributed by atoms with E-state index in [0.717, 1.165) is 32.2 Å². The summed E-state index contributed by atoms with van der Waals surface area (Å²) in [6, 6.07) is 0. The monoisotopic (exact) mass is 253 g/mol. The normalized spacial score (nSPS) is 28.1. The van der Waals surface area contributed by atoms with Crippen LogP contribution in [0.15, 0.2) is 0 Å². The lowest BCUT2D eigenvalue weighted by molar-refractivity contribution is -0.132. The van der Waals surface area contributed by atoms with E-state index < -0.39 is 0 Å². The zero-order chi connectivity index (χ0) is 13.3. The van der Waals surface area contributed by atoms with E-state index in [1.54, 1.807) is 0 Å². The Morgan fingerprint density at radius 3 is 2.50 bits per heavy atom. The fraction of sp³-hybridized carbons (Fsp3) is 0.933. The first kappa shape index (κ1) is 13.9. The summed E-state index contributed by atoms with van der Waals surface area (Å²) in [6.07, 6.45) is 4.70. The van der Waals surface area contributed by atoms with E-state index in [2.05, 4.69) is 20.8 Å². The van der Waals surface area contributed by atoms with Gasteiger partial charge in [-0.2, -0.15) is 0 Å². The Bertz CT molecular complexity index is 304. The second-order valence-corrected chi connectivity index (χ2v) is 7.13. The van der Waals surface area contributed by atoms with E-state index in [-0.39, 0.29) is 17.4 Å². The van der Waals surface area contributed by atoms with Gasteiger partial charge in [-0.1, -0.05) is 20.8 Å². The van der Waals surface area contributed by atoms with E-state index in [1.165, 1.54) is 0 Å². The third-order valence-electron chi connectivity index (χ3n) is 4.61. The van der Waals surface area contributed by atoms with Gasteiger partial charge in [0.2, 0.25) is 5.91 Å². The van der Waals surface area contributed by atoms with Crippen molar-refractivity contribution in [3.8, 4) is 0 Å². The van der Waals surface area contributed by atoms with Crippen LogP contribution in [0.4, 0.5) is 0 Å². The number of β-amino-alcohol motifs (C(OH)–C–C–N with tert-alkyl or cyclic N) is 1. The number of likely N-dealkylation sites (tertiary alicyclic amines) is 1. The van der Waals surface area contributed by atoms with Crippen molar-refractivity contribution in [3.63, 3.8) is 0 Å². The van der Waals surface area contributed by atoms with Gasteiger partial charge in [0.25, 0.3) is 0 Å². The number of aliphatic hydroxyl groups is 1. The van der Waals surface area contributed by atoms with Crippen molar-refractivity contribution < 1.29 is 9.90 Å². The van der Waals surface area contributed by atoms with Crippen LogP contribution < -0.4 is 0 Å². The average Bonchev–Trinajstić information content (AvgIpc) is 3.06. The number of carbonyl (C=O) groups is 1. The van der Waals surface area contributed by atoms with Gasteiger partial charge in [-0.15, -0.1) is 0 Å². The summed E-state index contributed by atoms with van der Waals surface area (Å²) in [5, 5.41) is 9.98. The largest absolute Gasteiger partial charge is 0.391 e. The van der Waals surface area contributed by atoms with Crippen LogP contribution in [0.25, 0.3) is 0 Å². The van der Waals surface area contributed by atoms with Crippen LogP contribution in [0, 0.1) is 17.3 Å². The molecule has 2 aliphatic rings. The Kier molecular flexibility index (Phi) is 4.00. The third kappa shape index (κ3) is 3.47. The number of rotatable bonds is 3. The highest BCUT2D eigenvalue weighted by molar-refractivity contribution is 5.76. The number of nitrogens with zero attached hydrogens (tertiary/aromatic N) is 1. The molecule has 2 fully saturated rings. The van der Waals surface area contributed by atoms with Gasteiger partial charge in [-0.3, -0.25) is 4.79 Å². The first-order chi connectivity index (χ1) is 8.38. The summed E-state index contributed by atoms with van der Waals surface area (Å²) in [5.74, 6) is 1.31. The van der Waals surface area contributed by atoms with Gasteiger partial charge in [-0.25, -0.2) is 0 Å². The molecule has 0 spiro atoms. The van der Waals surface area contributed by atoms with Gasteiger partial charge < -0.3 is 10.0 Å². The van der Waals surface area contributed by atoms with E-state index in [1.807, 2.05) is 4.90 Å². The minimum atomic E-state index is -0.292. The molecule has 0 aromatic rings. The molecular formula is C15H27NO2. The van der Waals surface area contributed by atoms with Crippen LogP contribution in [-0.4, -0.2) is 35.1 Å². The lowest BCUT2D eigenvalue weighted by atomic mass is 9.77. The van der Waals surface area contributed by atoms with Crippen LogP contribution in [-0.2, 0) is 4.79 Å². The van der Waals surface area contributed by atoms with Gasteiger partial charge in [-0.05, 0) is 42.9 Å². The quantitative estimate of drug-likeness (QED) is 0.839. The molecule has 1 aliphatic heterocycles. The van der Waals surface area contributed by atoms with Gasteiger partial charge >= 0.3 is 0 Å². The maximum atomic E-state index is 12.1. The Morgan fingerprint density at radius 2 is 1.94 bits per heavy atom. The van der Waals surface area contributed by atoms with Crippen LogP contribution >= 0.6 is 0 Å². The fourth-order valence-corrected chi connectivity index (χ4v) is 2.95. The molecular weight excluding hydrogens is 226 g/mol. The molecule has 3 nitrogen and oxygen atoms in total. The number of aliphatic hydroxyl groups excluding tert-OH is 1. The Labute approximate surface area is 111 Å². The van der Waals surface area contributed by atoms with Crippen molar-refractivity contribution in [2.24, 2.45) is 17.3 Å². The first-order valence-electron chi connectivity index (χ1n) is 7.34. The van der Waals surface area contributed by atoms with Crippen LogP contribution in [0.1, 0.15) is 52.9 Å². The molecule has 0 aromatic heterocycles. The molecule has 1 amide bonds. The van der Waals surface area contributed by atoms with Crippen molar-refractivity contribution in [1.82, 2.24) is 4.90 Å². The van der Waals surface area contributed by atoms with Gasteiger partial charge in [0.15, 0.2) is 0 Å². The lowest BCUT2D eigenvalue weighted by Gasteiger charge is -2.30. The van der Waals surface area contributed by atoms with Crippen LogP contribution in [0.2, 0.25) is 0 Å². The summed E-state index contributed by atoms with van der Waals surface area (Å²) < 4.78 is 0. The van der Waals surface area contributed by atoms with E-state index in [4.69, 9.17) is 0 Å². The summed E-state index contributed by atoms with van der Waals surface area (Å²) in [6.45, 7) is 8.16. The molecule has 2 rings (SSSR count). The summed E-state index contributed by atoms with van der Waals surface area (Å²) >= 11 is 0. The number of hydrogen-bond donors (Lipinski definition) is 1. The standard InChI is InChI=1S/C15H27NO2/c1-15(2,3)12-6-7-14(18)16(9-8-12)10-13(17)11-4-5-11/h11-13,17H,4-10H2,1-3H3. The maximum Gasteiger partial charge on any atom is 0.222 e. The lowest BCUT2D eigenvalue weighted by Crippen LogP contribution is -2.38.